The molecule has 1 aliphatic carbocycles. The van der Waals surface area contributed by atoms with Crippen molar-refractivity contribution in [2.24, 2.45) is 0 Å². The molecular weight excluding hydrogens is 301 g/mol. The second-order valence-corrected chi connectivity index (χ2v) is 7.00. The summed E-state index contributed by atoms with van der Waals surface area (Å²) in [5, 5.41) is 0.175. The minimum absolute atomic E-state index is 0.175. The smallest absolute Gasteiger partial charge is 0.211 e. The van der Waals surface area contributed by atoms with Gasteiger partial charge in [-0.3, -0.25) is 0 Å². The highest BCUT2D eigenvalue weighted by Gasteiger charge is 2.18. The highest BCUT2D eigenvalue weighted by Crippen LogP contribution is 2.21. The molecular formula is C14H17ClFNO2S. The monoisotopic (exact) mass is 317 g/mol. The number of sulfonamides is 1. The van der Waals surface area contributed by atoms with E-state index >= 15 is 0 Å². The third-order valence-corrected chi connectivity index (χ3v) is 5.04. The van der Waals surface area contributed by atoms with Crippen molar-refractivity contribution < 1.29 is 12.8 Å². The molecule has 6 heteroatoms. The highest BCUT2D eigenvalue weighted by molar-refractivity contribution is 7.89. The van der Waals surface area contributed by atoms with E-state index in [4.69, 9.17) is 11.6 Å². The number of benzene rings is 1. The second-order valence-electron chi connectivity index (χ2n) is 4.83. The molecule has 0 saturated carbocycles. The Morgan fingerprint density at radius 1 is 1.30 bits per heavy atom. The summed E-state index contributed by atoms with van der Waals surface area (Å²) < 4.78 is 40.0. The van der Waals surface area contributed by atoms with Crippen LogP contribution in [0.15, 0.2) is 34.7 Å². The van der Waals surface area contributed by atoms with E-state index in [0.717, 1.165) is 25.3 Å². The molecule has 3 nitrogen and oxygen atoms in total. The zero-order chi connectivity index (χ0) is 14.6. The molecule has 0 bridgehead atoms. The number of nitrogens with one attached hydrogen (secondary N) is 1. The fourth-order valence-electron chi connectivity index (χ4n) is 2.25. The Hall–Kier alpha value is -0.910. The molecule has 0 saturated heterocycles. The van der Waals surface area contributed by atoms with Gasteiger partial charge in [0, 0.05) is 11.6 Å². The molecule has 1 N–H and O–H groups in total. The van der Waals surface area contributed by atoms with Crippen LogP contribution in [0.4, 0.5) is 4.39 Å². The fraction of sp³-hybridized carbons (Fsp3) is 0.429. The topological polar surface area (TPSA) is 46.2 Å². The highest BCUT2D eigenvalue weighted by atomic mass is 35.5. The van der Waals surface area contributed by atoms with Crippen molar-refractivity contribution in [1.82, 2.24) is 4.72 Å². The van der Waals surface area contributed by atoms with Crippen LogP contribution < -0.4 is 4.72 Å². The lowest BCUT2D eigenvalue weighted by Gasteiger charge is -2.13. The van der Waals surface area contributed by atoms with Crippen LogP contribution in [-0.2, 0) is 10.0 Å². The van der Waals surface area contributed by atoms with E-state index in [2.05, 4.69) is 10.8 Å². The normalized spacial score (nSPS) is 16.0. The Kier molecular flexibility index (Phi) is 5.18. The molecule has 0 amide bonds. The van der Waals surface area contributed by atoms with Crippen LogP contribution in [0.2, 0.25) is 5.02 Å². The van der Waals surface area contributed by atoms with Gasteiger partial charge < -0.3 is 0 Å². The summed E-state index contributed by atoms with van der Waals surface area (Å²) in [6.07, 6.45) is 7.29. The second kappa shape index (κ2) is 6.70. The summed E-state index contributed by atoms with van der Waals surface area (Å²) in [7, 11) is -3.82. The first kappa shape index (κ1) is 15.5. The van der Waals surface area contributed by atoms with Crippen LogP contribution >= 0.6 is 11.6 Å². The molecule has 0 aliphatic heterocycles. The molecule has 0 unspecified atom stereocenters. The molecule has 1 aromatic carbocycles. The van der Waals surface area contributed by atoms with Gasteiger partial charge in [-0.25, -0.2) is 17.5 Å². The average molecular weight is 318 g/mol. The standard InChI is InChI=1S/C14H17ClFNO2S/c15-12-6-7-14(13(16)10-12)20(18,19)17-9-8-11-4-2-1-3-5-11/h4,6-7,10,17H,1-3,5,8-9H2. The molecule has 20 heavy (non-hydrogen) atoms. The van der Waals surface area contributed by atoms with Gasteiger partial charge in [0.25, 0.3) is 0 Å². The van der Waals surface area contributed by atoms with Crippen LogP contribution in [0.5, 0.6) is 0 Å². The maximum absolute atomic E-state index is 13.6. The molecule has 0 heterocycles. The number of rotatable bonds is 5. The molecule has 0 fully saturated rings. The van der Waals surface area contributed by atoms with E-state index in [9.17, 15) is 12.8 Å². The van der Waals surface area contributed by atoms with Crippen LogP contribution in [0, 0.1) is 5.82 Å². The van der Waals surface area contributed by atoms with Crippen molar-refractivity contribution >= 4 is 21.6 Å². The first-order valence-corrected chi connectivity index (χ1v) is 8.48. The summed E-state index contributed by atoms with van der Waals surface area (Å²) in [4.78, 5) is -0.362. The number of hydrogen-bond donors (Lipinski definition) is 1. The van der Waals surface area contributed by atoms with Crippen LogP contribution in [0.1, 0.15) is 32.1 Å². The Labute approximate surface area is 123 Å². The molecule has 2 rings (SSSR count). The van der Waals surface area contributed by atoms with Gasteiger partial charge in [-0.15, -0.1) is 0 Å². The minimum atomic E-state index is -3.82. The van der Waals surface area contributed by atoms with E-state index in [1.165, 1.54) is 24.1 Å². The lowest BCUT2D eigenvalue weighted by molar-refractivity contribution is 0.556. The van der Waals surface area contributed by atoms with E-state index < -0.39 is 15.8 Å². The van der Waals surface area contributed by atoms with Crippen molar-refractivity contribution in [1.29, 1.82) is 0 Å². The minimum Gasteiger partial charge on any atom is -0.211 e. The summed E-state index contributed by atoms with van der Waals surface area (Å²) in [6.45, 7) is 0.288. The molecule has 0 spiro atoms. The zero-order valence-electron chi connectivity index (χ0n) is 11.0. The lowest BCUT2D eigenvalue weighted by atomic mass is 9.97. The fourth-order valence-corrected chi connectivity index (χ4v) is 3.50. The summed E-state index contributed by atoms with van der Waals surface area (Å²) in [6, 6.07) is 3.54. The van der Waals surface area contributed by atoms with E-state index in [0.29, 0.717) is 6.42 Å². The van der Waals surface area contributed by atoms with Gasteiger partial charge in [0.15, 0.2) is 0 Å². The van der Waals surface area contributed by atoms with Gasteiger partial charge in [0.05, 0.1) is 0 Å². The maximum Gasteiger partial charge on any atom is 0.243 e. The van der Waals surface area contributed by atoms with Gasteiger partial charge in [-0.1, -0.05) is 23.3 Å². The van der Waals surface area contributed by atoms with Crippen molar-refractivity contribution in [3.63, 3.8) is 0 Å². The van der Waals surface area contributed by atoms with Crippen molar-refractivity contribution in [3.05, 3.63) is 40.7 Å². The molecule has 0 aromatic heterocycles. The first-order chi connectivity index (χ1) is 9.49. The molecule has 1 aromatic rings. The number of allylic oxidation sites excluding steroid dienone is 1. The third-order valence-electron chi connectivity index (χ3n) is 3.31. The summed E-state index contributed by atoms with van der Waals surface area (Å²) in [5.41, 5.74) is 1.27. The van der Waals surface area contributed by atoms with Crippen molar-refractivity contribution in [2.45, 2.75) is 37.0 Å². The van der Waals surface area contributed by atoms with E-state index in [1.54, 1.807) is 0 Å². The van der Waals surface area contributed by atoms with Gasteiger partial charge in [-0.05, 0) is 50.3 Å². The Morgan fingerprint density at radius 2 is 2.10 bits per heavy atom. The SMILES string of the molecule is O=S(=O)(NCCC1=CCCCC1)c1ccc(Cl)cc1F. The van der Waals surface area contributed by atoms with Gasteiger partial charge in [0.2, 0.25) is 10.0 Å². The van der Waals surface area contributed by atoms with E-state index in [-0.39, 0.29) is 16.5 Å². The van der Waals surface area contributed by atoms with Crippen LogP contribution in [0.25, 0.3) is 0 Å². The molecule has 0 radical (unpaired) electrons. The Balaban J connectivity index is 1.98. The van der Waals surface area contributed by atoms with Crippen LogP contribution in [0.3, 0.4) is 0 Å². The Morgan fingerprint density at radius 3 is 2.75 bits per heavy atom. The average Bonchev–Trinajstić information content (AvgIpc) is 2.39. The molecule has 0 atom stereocenters. The molecule has 1 aliphatic rings. The molecule has 110 valence electrons. The van der Waals surface area contributed by atoms with Gasteiger partial charge in [0.1, 0.15) is 10.7 Å². The van der Waals surface area contributed by atoms with Gasteiger partial charge >= 0.3 is 0 Å². The van der Waals surface area contributed by atoms with Crippen LogP contribution in [-0.4, -0.2) is 15.0 Å². The third kappa shape index (κ3) is 4.04. The summed E-state index contributed by atoms with van der Waals surface area (Å²) in [5.74, 6) is -0.832. The summed E-state index contributed by atoms with van der Waals surface area (Å²) >= 11 is 5.61. The predicted octanol–water partition coefficient (Wildman–Crippen LogP) is 3.65. The van der Waals surface area contributed by atoms with Crippen molar-refractivity contribution in [2.75, 3.05) is 6.54 Å². The lowest BCUT2D eigenvalue weighted by Crippen LogP contribution is -2.26. The quantitative estimate of drug-likeness (QED) is 0.843. The Bertz CT molecular complexity index is 614. The maximum atomic E-state index is 13.6. The first-order valence-electron chi connectivity index (χ1n) is 6.62. The van der Waals surface area contributed by atoms with Gasteiger partial charge in [-0.2, -0.15) is 0 Å². The predicted molar refractivity (Wildman–Crippen MR) is 77.8 cm³/mol. The van der Waals surface area contributed by atoms with Crippen molar-refractivity contribution in [3.8, 4) is 0 Å². The zero-order valence-corrected chi connectivity index (χ0v) is 12.6. The largest absolute Gasteiger partial charge is 0.243 e. The number of halogens is 2. The van der Waals surface area contributed by atoms with E-state index in [1.807, 2.05) is 0 Å². The number of hydrogen-bond acceptors (Lipinski definition) is 2.